The molecule has 0 saturated carbocycles. The van der Waals surface area contributed by atoms with E-state index in [1.54, 1.807) is 24.3 Å². The quantitative estimate of drug-likeness (QED) is 0.621. The molecule has 0 heterocycles. The molecular weight excluding hydrogens is 330 g/mol. The summed E-state index contributed by atoms with van der Waals surface area (Å²) in [6.45, 7) is 0. The van der Waals surface area contributed by atoms with E-state index in [-0.39, 0.29) is 12.8 Å². The van der Waals surface area contributed by atoms with Gasteiger partial charge in [-0.15, -0.1) is 0 Å². The number of rotatable bonds is 6. The Morgan fingerprint density at radius 2 is 1.95 bits per heavy atom. The first-order valence-electron chi connectivity index (χ1n) is 5.73. The van der Waals surface area contributed by atoms with Crippen LogP contribution in [0.5, 0.6) is 0 Å². The lowest BCUT2D eigenvalue weighted by Crippen LogP contribution is -2.43. The van der Waals surface area contributed by atoms with Gasteiger partial charge in [-0.05, 0) is 34.5 Å². The molecule has 8 heteroatoms. The summed E-state index contributed by atoms with van der Waals surface area (Å²) in [5.74, 6) is -1.85. The average molecular weight is 344 g/mol. The van der Waals surface area contributed by atoms with Crippen molar-refractivity contribution in [2.75, 3.05) is 5.32 Å². The number of hydrogen-bond donors (Lipinski definition) is 4. The highest BCUT2D eigenvalue weighted by atomic mass is 79.9. The SMILES string of the molecule is NC(=O)CC[C@H](NC(=O)Nc1ccccc1Br)C(=O)O. The van der Waals surface area contributed by atoms with Gasteiger partial charge < -0.3 is 21.5 Å². The molecule has 20 heavy (non-hydrogen) atoms. The largest absolute Gasteiger partial charge is 0.480 e. The lowest BCUT2D eigenvalue weighted by atomic mass is 10.1. The molecule has 0 bridgehead atoms. The maximum absolute atomic E-state index is 11.7. The van der Waals surface area contributed by atoms with E-state index in [1.807, 2.05) is 0 Å². The lowest BCUT2D eigenvalue weighted by Gasteiger charge is -2.15. The Bertz CT molecular complexity index is 521. The van der Waals surface area contributed by atoms with E-state index in [2.05, 4.69) is 26.6 Å². The fraction of sp³-hybridized carbons (Fsp3) is 0.250. The van der Waals surface area contributed by atoms with E-state index in [1.165, 1.54) is 0 Å². The Balaban J connectivity index is 2.60. The molecule has 3 amide bonds. The summed E-state index contributed by atoms with van der Waals surface area (Å²) in [6, 6.07) is 5.04. The van der Waals surface area contributed by atoms with Gasteiger partial charge in [0.15, 0.2) is 0 Å². The van der Waals surface area contributed by atoms with E-state index in [9.17, 15) is 14.4 Å². The average Bonchev–Trinajstić information content (AvgIpc) is 2.36. The highest BCUT2D eigenvalue weighted by Crippen LogP contribution is 2.20. The summed E-state index contributed by atoms with van der Waals surface area (Å²) in [6.07, 6.45) is -0.180. The van der Waals surface area contributed by atoms with Gasteiger partial charge in [0.2, 0.25) is 5.91 Å². The van der Waals surface area contributed by atoms with Crippen LogP contribution in [0, 0.1) is 0 Å². The first kappa shape index (κ1) is 16.0. The second-order valence-corrected chi connectivity index (χ2v) is 4.83. The summed E-state index contributed by atoms with van der Waals surface area (Å²) in [5, 5.41) is 13.7. The van der Waals surface area contributed by atoms with Crippen LogP contribution in [0.2, 0.25) is 0 Å². The Hall–Kier alpha value is -2.09. The number of benzene rings is 1. The van der Waals surface area contributed by atoms with Crippen molar-refractivity contribution in [3.63, 3.8) is 0 Å². The number of halogens is 1. The second-order valence-electron chi connectivity index (χ2n) is 3.97. The first-order valence-corrected chi connectivity index (χ1v) is 6.52. The molecule has 108 valence electrons. The zero-order valence-corrected chi connectivity index (χ0v) is 12.0. The van der Waals surface area contributed by atoms with E-state index in [0.717, 1.165) is 0 Å². The third-order valence-corrected chi connectivity index (χ3v) is 3.10. The van der Waals surface area contributed by atoms with E-state index in [0.29, 0.717) is 10.2 Å². The topological polar surface area (TPSA) is 122 Å². The molecule has 1 aromatic rings. The van der Waals surface area contributed by atoms with Gasteiger partial charge in [0.1, 0.15) is 6.04 Å². The monoisotopic (exact) mass is 343 g/mol. The number of aliphatic carboxylic acids is 1. The molecule has 1 atom stereocenters. The van der Waals surface area contributed by atoms with Crippen molar-refractivity contribution in [1.29, 1.82) is 0 Å². The maximum atomic E-state index is 11.7. The molecule has 0 aliphatic carbocycles. The number of carbonyl (C=O) groups is 3. The number of hydrogen-bond acceptors (Lipinski definition) is 3. The molecular formula is C12H14BrN3O4. The van der Waals surface area contributed by atoms with Crippen molar-refractivity contribution >= 4 is 39.5 Å². The summed E-state index contributed by atoms with van der Waals surface area (Å²) in [7, 11) is 0. The molecule has 0 aromatic heterocycles. The normalized spacial score (nSPS) is 11.4. The number of urea groups is 1. The third kappa shape index (κ3) is 5.27. The number of carboxylic acid groups (broad SMARTS) is 1. The molecule has 5 N–H and O–H groups in total. The van der Waals surface area contributed by atoms with Gasteiger partial charge in [0.05, 0.1) is 5.69 Å². The van der Waals surface area contributed by atoms with E-state index >= 15 is 0 Å². The Kier molecular flexibility index (Phi) is 5.98. The molecule has 0 aliphatic heterocycles. The van der Waals surface area contributed by atoms with Gasteiger partial charge >= 0.3 is 12.0 Å². The van der Waals surface area contributed by atoms with Crippen LogP contribution in [0.4, 0.5) is 10.5 Å². The van der Waals surface area contributed by atoms with Crippen molar-refractivity contribution in [3.05, 3.63) is 28.7 Å². The van der Waals surface area contributed by atoms with Crippen LogP contribution < -0.4 is 16.4 Å². The lowest BCUT2D eigenvalue weighted by molar-refractivity contribution is -0.139. The zero-order valence-electron chi connectivity index (χ0n) is 10.4. The molecule has 0 unspecified atom stereocenters. The molecule has 1 rings (SSSR count). The number of para-hydroxylation sites is 1. The molecule has 0 fully saturated rings. The summed E-state index contributed by atoms with van der Waals surface area (Å²) in [5.41, 5.74) is 5.45. The van der Waals surface area contributed by atoms with Crippen LogP contribution in [0.15, 0.2) is 28.7 Å². The Labute approximate surface area is 123 Å². The number of primary amides is 1. The molecule has 7 nitrogen and oxygen atoms in total. The number of carboxylic acids is 1. The minimum Gasteiger partial charge on any atom is -0.480 e. The zero-order chi connectivity index (χ0) is 15.1. The molecule has 0 saturated heterocycles. The standard InChI is InChI=1S/C12H14BrN3O4/c13-7-3-1-2-4-8(7)15-12(20)16-9(11(18)19)5-6-10(14)17/h1-4,9H,5-6H2,(H2,14,17)(H,18,19)(H2,15,16,20)/t9-/m0/s1. The van der Waals surface area contributed by atoms with Crippen LogP contribution in [0.3, 0.4) is 0 Å². The number of carbonyl (C=O) groups excluding carboxylic acids is 2. The van der Waals surface area contributed by atoms with Crippen LogP contribution in [-0.4, -0.2) is 29.1 Å². The van der Waals surface area contributed by atoms with Gasteiger partial charge in [-0.2, -0.15) is 0 Å². The van der Waals surface area contributed by atoms with Crippen molar-refractivity contribution in [2.45, 2.75) is 18.9 Å². The van der Waals surface area contributed by atoms with Gasteiger partial charge in [0, 0.05) is 10.9 Å². The molecule has 1 aromatic carbocycles. The van der Waals surface area contributed by atoms with Crippen molar-refractivity contribution in [1.82, 2.24) is 5.32 Å². The van der Waals surface area contributed by atoms with Crippen molar-refractivity contribution < 1.29 is 19.5 Å². The van der Waals surface area contributed by atoms with Gasteiger partial charge in [-0.3, -0.25) is 4.79 Å². The molecule has 0 aliphatic rings. The Morgan fingerprint density at radius 3 is 2.50 bits per heavy atom. The van der Waals surface area contributed by atoms with Gasteiger partial charge in [-0.25, -0.2) is 9.59 Å². The van der Waals surface area contributed by atoms with E-state index in [4.69, 9.17) is 10.8 Å². The number of nitrogens with two attached hydrogens (primary N) is 1. The van der Waals surface area contributed by atoms with Gasteiger partial charge in [-0.1, -0.05) is 12.1 Å². The second kappa shape index (κ2) is 7.49. The van der Waals surface area contributed by atoms with Crippen LogP contribution in [0.25, 0.3) is 0 Å². The molecule has 0 radical (unpaired) electrons. The molecule has 0 spiro atoms. The Morgan fingerprint density at radius 1 is 1.30 bits per heavy atom. The smallest absolute Gasteiger partial charge is 0.326 e. The maximum Gasteiger partial charge on any atom is 0.326 e. The fourth-order valence-electron chi connectivity index (χ4n) is 1.42. The van der Waals surface area contributed by atoms with Crippen molar-refractivity contribution in [3.8, 4) is 0 Å². The summed E-state index contributed by atoms with van der Waals surface area (Å²) < 4.78 is 0.666. The minimum absolute atomic E-state index is 0.0615. The summed E-state index contributed by atoms with van der Waals surface area (Å²) in [4.78, 5) is 33.3. The van der Waals surface area contributed by atoms with Crippen LogP contribution >= 0.6 is 15.9 Å². The predicted octanol–water partition coefficient (Wildman–Crippen LogP) is 1.29. The van der Waals surface area contributed by atoms with Crippen LogP contribution in [0.1, 0.15) is 12.8 Å². The van der Waals surface area contributed by atoms with Crippen molar-refractivity contribution in [2.24, 2.45) is 5.73 Å². The van der Waals surface area contributed by atoms with Gasteiger partial charge in [0.25, 0.3) is 0 Å². The highest BCUT2D eigenvalue weighted by Gasteiger charge is 2.20. The highest BCUT2D eigenvalue weighted by molar-refractivity contribution is 9.10. The predicted molar refractivity (Wildman–Crippen MR) is 76.1 cm³/mol. The fourth-order valence-corrected chi connectivity index (χ4v) is 1.81. The number of nitrogens with one attached hydrogen (secondary N) is 2. The number of anilines is 1. The third-order valence-electron chi connectivity index (χ3n) is 2.40. The number of amides is 3. The summed E-state index contributed by atoms with van der Waals surface area (Å²) >= 11 is 3.25. The van der Waals surface area contributed by atoms with Crippen LogP contribution in [-0.2, 0) is 9.59 Å². The minimum atomic E-state index is -1.23. The van der Waals surface area contributed by atoms with E-state index < -0.39 is 23.9 Å². The first-order chi connectivity index (χ1) is 9.40.